The predicted molar refractivity (Wildman–Crippen MR) is 146 cm³/mol. The molecule has 0 atom stereocenters. The zero-order valence-electron chi connectivity index (χ0n) is 21.5. The Morgan fingerprint density at radius 2 is 1.55 bits per heavy atom. The molecular formula is C29H30FN5O3. The van der Waals surface area contributed by atoms with Crippen LogP contribution in [0.2, 0.25) is 0 Å². The predicted octanol–water partition coefficient (Wildman–Crippen LogP) is 4.14. The van der Waals surface area contributed by atoms with E-state index >= 15 is 0 Å². The van der Waals surface area contributed by atoms with Crippen LogP contribution >= 0.6 is 0 Å². The van der Waals surface area contributed by atoms with E-state index in [2.05, 4.69) is 37.4 Å². The number of nitrogens with one attached hydrogen (secondary N) is 1. The Bertz CT molecular complexity index is 1410. The minimum Gasteiger partial charge on any atom is -0.493 e. The van der Waals surface area contributed by atoms with E-state index in [1.165, 1.54) is 12.1 Å². The lowest BCUT2D eigenvalue weighted by Crippen LogP contribution is -2.49. The molecule has 0 unspecified atom stereocenters. The standard InChI is InChI=1S/C29H30FN5O3/c1-37-26-17-23-24(18-27(26)38-2)29(33-32-25(23)16-20-6-4-3-5-7-20)35-14-12-34(13-15-35)19-28(36)31-22-10-8-21(30)9-11-22/h3-11,17-18H,12-16,19H2,1-2H3,(H,31,36). The Morgan fingerprint density at radius 3 is 2.21 bits per heavy atom. The maximum absolute atomic E-state index is 13.1. The van der Waals surface area contributed by atoms with Crippen LogP contribution in [0.15, 0.2) is 66.7 Å². The molecule has 0 saturated carbocycles. The van der Waals surface area contributed by atoms with Crippen LogP contribution in [0.4, 0.5) is 15.9 Å². The topological polar surface area (TPSA) is 79.8 Å². The van der Waals surface area contributed by atoms with Gasteiger partial charge in [0.25, 0.3) is 0 Å². The Kier molecular flexibility index (Phi) is 7.65. The average molecular weight is 516 g/mol. The van der Waals surface area contributed by atoms with Gasteiger partial charge in [0.2, 0.25) is 5.91 Å². The molecule has 196 valence electrons. The molecule has 1 N–H and O–H groups in total. The highest BCUT2D eigenvalue weighted by Crippen LogP contribution is 2.37. The average Bonchev–Trinajstić information content (AvgIpc) is 2.95. The molecule has 0 aliphatic carbocycles. The number of piperazine rings is 1. The van der Waals surface area contributed by atoms with Crippen LogP contribution < -0.4 is 19.7 Å². The number of halogens is 1. The fourth-order valence-electron chi connectivity index (χ4n) is 4.73. The van der Waals surface area contributed by atoms with Crippen molar-refractivity contribution in [2.45, 2.75) is 6.42 Å². The van der Waals surface area contributed by atoms with Crippen molar-refractivity contribution in [3.63, 3.8) is 0 Å². The Morgan fingerprint density at radius 1 is 0.895 bits per heavy atom. The number of amides is 1. The van der Waals surface area contributed by atoms with Crippen molar-refractivity contribution >= 4 is 28.2 Å². The minimum atomic E-state index is -0.334. The summed E-state index contributed by atoms with van der Waals surface area (Å²) in [6, 6.07) is 19.9. The van der Waals surface area contributed by atoms with Crippen molar-refractivity contribution in [1.29, 1.82) is 0 Å². The van der Waals surface area contributed by atoms with Crippen LogP contribution in [-0.2, 0) is 11.2 Å². The van der Waals surface area contributed by atoms with Gasteiger partial charge in [-0.05, 0) is 42.0 Å². The number of hydrogen-bond donors (Lipinski definition) is 1. The van der Waals surface area contributed by atoms with Crippen LogP contribution in [0.3, 0.4) is 0 Å². The van der Waals surface area contributed by atoms with Gasteiger partial charge in [-0.3, -0.25) is 9.69 Å². The summed E-state index contributed by atoms with van der Waals surface area (Å²) in [7, 11) is 3.25. The van der Waals surface area contributed by atoms with Gasteiger partial charge in [-0.1, -0.05) is 30.3 Å². The largest absolute Gasteiger partial charge is 0.493 e. The van der Waals surface area contributed by atoms with E-state index in [1.54, 1.807) is 26.4 Å². The first-order valence-electron chi connectivity index (χ1n) is 12.5. The SMILES string of the molecule is COc1cc2c(Cc3ccccc3)nnc(N3CCN(CC(=O)Nc4ccc(F)cc4)CC3)c2cc1OC. The number of ether oxygens (including phenoxy) is 2. The molecule has 3 aromatic carbocycles. The third-order valence-corrected chi connectivity index (χ3v) is 6.72. The second-order valence-corrected chi connectivity index (χ2v) is 9.20. The number of benzene rings is 3. The number of hydrogen-bond acceptors (Lipinski definition) is 7. The van der Waals surface area contributed by atoms with Gasteiger partial charge in [0.1, 0.15) is 5.82 Å². The molecule has 1 aromatic heterocycles. The van der Waals surface area contributed by atoms with Crippen LogP contribution in [-0.4, -0.2) is 67.9 Å². The molecule has 1 fully saturated rings. The van der Waals surface area contributed by atoms with Crippen molar-refractivity contribution in [3.8, 4) is 11.5 Å². The Balaban J connectivity index is 1.34. The molecule has 2 heterocycles. The van der Waals surface area contributed by atoms with Crippen molar-refractivity contribution < 1.29 is 18.7 Å². The van der Waals surface area contributed by atoms with Crippen molar-refractivity contribution in [2.75, 3.05) is 57.2 Å². The van der Waals surface area contributed by atoms with Crippen LogP contribution in [0.1, 0.15) is 11.3 Å². The van der Waals surface area contributed by atoms with E-state index in [0.717, 1.165) is 27.8 Å². The van der Waals surface area contributed by atoms with E-state index in [0.29, 0.717) is 49.8 Å². The van der Waals surface area contributed by atoms with Crippen LogP contribution in [0.5, 0.6) is 11.5 Å². The van der Waals surface area contributed by atoms with Gasteiger partial charge < -0.3 is 19.7 Å². The highest BCUT2D eigenvalue weighted by molar-refractivity contribution is 5.96. The summed E-state index contributed by atoms with van der Waals surface area (Å²) in [5.41, 5.74) is 2.60. The smallest absolute Gasteiger partial charge is 0.238 e. The fraction of sp³-hybridized carbons (Fsp3) is 0.276. The normalized spacial score (nSPS) is 13.9. The first-order chi connectivity index (χ1) is 18.5. The lowest BCUT2D eigenvalue weighted by Gasteiger charge is -2.35. The zero-order chi connectivity index (χ0) is 26.5. The molecule has 1 aliphatic rings. The molecule has 0 bridgehead atoms. The van der Waals surface area contributed by atoms with E-state index in [9.17, 15) is 9.18 Å². The maximum atomic E-state index is 13.1. The molecule has 0 spiro atoms. The summed E-state index contributed by atoms with van der Waals surface area (Å²) in [6.07, 6.45) is 0.650. The van der Waals surface area contributed by atoms with Crippen molar-refractivity contribution in [3.05, 3.63) is 83.8 Å². The Hall–Kier alpha value is -4.24. The number of anilines is 2. The number of carbonyl (C=O) groups is 1. The molecular weight excluding hydrogens is 485 g/mol. The summed E-state index contributed by atoms with van der Waals surface area (Å²) >= 11 is 0. The van der Waals surface area contributed by atoms with Crippen molar-refractivity contribution in [2.24, 2.45) is 0 Å². The molecule has 1 aliphatic heterocycles. The van der Waals surface area contributed by atoms with Crippen molar-refractivity contribution in [1.82, 2.24) is 15.1 Å². The zero-order valence-corrected chi connectivity index (χ0v) is 21.5. The lowest BCUT2D eigenvalue weighted by atomic mass is 10.0. The number of aromatic nitrogens is 2. The summed E-state index contributed by atoms with van der Waals surface area (Å²) in [5, 5.41) is 14.0. The minimum absolute atomic E-state index is 0.127. The number of methoxy groups -OCH3 is 2. The highest BCUT2D eigenvalue weighted by Gasteiger charge is 2.24. The fourth-order valence-corrected chi connectivity index (χ4v) is 4.73. The van der Waals surface area contributed by atoms with Gasteiger partial charge in [-0.2, -0.15) is 5.10 Å². The Labute approximate surface area is 221 Å². The van der Waals surface area contributed by atoms with Gasteiger partial charge >= 0.3 is 0 Å². The van der Waals surface area contributed by atoms with E-state index < -0.39 is 0 Å². The lowest BCUT2D eigenvalue weighted by molar-refractivity contribution is -0.117. The summed E-state index contributed by atoms with van der Waals surface area (Å²) in [4.78, 5) is 16.8. The quantitative estimate of drug-likeness (QED) is 0.378. The molecule has 38 heavy (non-hydrogen) atoms. The first kappa shape index (κ1) is 25.4. The monoisotopic (exact) mass is 515 g/mol. The maximum Gasteiger partial charge on any atom is 0.238 e. The third kappa shape index (κ3) is 5.68. The van der Waals surface area contributed by atoms with Gasteiger partial charge in [0.15, 0.2) is 17.3 Å². The third-order valence-electron chi connectivity index (χ3n) is 6.72. The van der Waals surface area contributed by atoms with Gasteiger partial charge in [-0.15, -0.1) is 5.10 Å². The first-order valence-corrected chi connectivity index (χ1v) is 12.5. The van der Waals surface area contributed by atoms with Gasteiger partial charge in [0, 0.05) is 49.1 Å². The van der Waals surface area contributed by atoms with Crippen LogP contribution in [0.25, 0.3) is 10.8 Å². The molecule has 8 nitrogen and oxygen atoms in total. The van der Waals surface area contributed by atoms with E-state index in [1.807, 2.05) is 30.3 Å². The van der Waals surface area contributed by atoms with Gasteiger partial charge in [0.05, 0.1) is 26.5 Å². The molecule has 9 heteroatoms. The number of carbonyl (C=O) groups excluding carboxylic acids is 1. The molecule has 0 radical (unpaired) electrons. The second-order valence-electron chi connectivity index (χ2n) is 9.20. The van der Waals surface area contributed by atoms with E-state index in [4.69, 9.17) is 9.47 Å². The number of rotatable bonds is 8. The second kappa shape index (κ2) is 11.4. The summed E-state index contributed by atoms with van der Waals surface area (Å²) in [5.74, 6) is 1.60. The number of fused-ring (bicyclic) bond motifs is 1. The molecule has 4 aromatic rings. The summed E-state index contributed by atoms with van der Waals surface area (Å²) < 4.78 is 24.3. The molecule has 1 saturated heterocycles. The van der Waals surface area contributed by atoms with E-state index in [-0.39, 0.29) is 18.3 Å². The highest BCUT2D eigenvalue weighted by atomic mass is 19.1. The summed E-state index contributed by atoms with van der Waals surface area (Å²) in [6.45, 7) is 3.04. The number of nitrogens with zero attached hydrogens (tertiary/aromatic N) is 4. The van der Waals surface area contributed by atoms with Crippen LogP contribution in [0, 0.1) is 5.82 Å². The molecule has 5 rings (SSSR count). The molecule has 1 amide bonds. The van der Waals surface area contributed by atoms with Gasteiger partial charge in [-0.25, -0.2) is 4.39 Å².